The van der Waals surface area contributed by atoms with Crippen LogP contribution in [0.4, 0.5) is 5.13 Å². The number of aromatic nitrogens is 1. The van der Waals surface area contributed by atoms with E-state index in [1.165, 1.54) is 26.4 Å². The van der Waals surface area contributed by atoms with Crippen molar-refractivity contribution in [1.29, 1.82) is 0 Å². The lowest BCUT2D eigenvalue weighted by molar-refractivity contribution is -0.132. The fourth-order valence-corrected chi connectivity index (χ4v) is 5.24. The molecule has 1 aromatic heterocycles. The highest BCUT2D eigenvalue weighted by molar-refractivity contribution is 7.17. The fourth-order valence-electron chi connectivity index (χ4n) is 4.23. The van der Waals surface area contributed by atoms with Gasteiger partial charge in [0.2, 0.25) is 0 Å². The molecular formula is C29H28N2O8S. The Balaban J connectivity index is 1.83. The van der Waals surface area contributed by atoms with Crippen molar-refractivity contribution in [1.82, 2.24) is 4.98 Å². The van der Waals surface area contributed by atoms with Crippen molar-refractivity contribution in [3.63, 3.8) is 0 Å². The predicted octanol–water partition coefficient (Wildman–Crippen LogP) is 4.83. The molecule has 1 saturated heterocycles. The zero-order chi connectivity index (χ0) is 29.0. The van der Waals surface area contributed by atoms with E-state index in [0.717, 1.165) is 29.1 Å². The molecule has 4 rings (SSSR count). The topological polar surface area (TPSA) is 132 Å². The number of amides is 1. The molecular weight excluding hydrogens is 536 g/mol. The number of nitrogens with zero attached hydrogens (tertiary/aromatic N) is 2. The summed E-state index contributed by atoms with van der Waals surface area (Å²) in [6.07, 6.45) is 1.88. The molecule has 11 heteroatoms. The number of aryl methyl sites for hydroxylation is 1. The molecule has 0 spiro atoms. The molecule has 1 atom stereocenters. The molecule has 1 aliphatic heterocycles. The van der Waals surface area contributed by atoms with E-state index in [-0.39, 0.29) is 26.9 Å². The first-order chi connectivity index (χ1) is 19.2. The Morgan fingerprint density at radius 2 is 1.60 bits per heavy atom. The van der Waals surface area contributed by atoms with Gasteiger partial charge in [-0.05, 0) is 55.3 Å². The molecule has 0 aliphatic carbocycles. The second kappa shape index (κ2) is 12.1. The van der Waals surface area contributed by atoms with Crippen LogP contribution in [0.15, 0.2) is 54.1 Å². The highest BCUT2D eigenvalue weighted by Crippen LogP contribution is 2.44. The maximum atomic E-state index is 13.4. The summed E-state index contributed by atoms with van der Waals surface area (Å²) in [5.41, 5.74) is 1.16. The predicted molar refractivity (Wildman–Crippen MR) is 148 cm³/mol. The standard InChI is InChI=1S/C29H28N2O8S/c1-5-6-15-39-20-13-11-18(12-14-20)23(32)21-22(17-7-9-19(10-8-17)27(35)37-3)31(26(34)24(21)33)29-30-16(2)25(40-29)28(36)38-4/h7-14,22,32H,5-6,15H2,1-4H3/b23-21+. The van der Waals surface area contributed by atoms with Crippen LogP contribution in [0.5, 0.6) is 5.75 Å². The number of hydrogen-bond donors (Lipinski definition) is 1. The molecule has 1 fully saturated rings. The minimum atomic E-state index is -1.09. The van der Waals surface area contributed by atoms with Gasteiger partial charge in [-0.25, -0.2) is 14.6 Å². The van der Waals surface area contributed by atoms with Crippen LogP contribution >= 0.6 is 11.3 Å². The Kier molecular flexibility index (Phi) is 8.64. The van der Waals surface area contributed by atoms with E-state index >= 15 is 0 Å². The molecule has 1 aliphatic rings. The Bertz CT molecular complexity index is 1470. The summed E-state index contributed by atoms with van der Waals surface area (Å²) in [6, 6.07) is 11.6. The number of methoxy groups -OCH3 is 2. The summed E-state index contributed by atoms with van der Waals surface area (Å²) in [4.78, 5) is 56.7. The molecule has 1 unspecified atom stereocenters. The number of Topliss-reactive ketones (excluding diaryl/α,β-unsaturated/α-hetero) is 1. The number of unbranched alkanes of at least 4 members (excludes halogenated alkanes) is 1. The van der Waals surface area contributed by atoms with Gasteiger partial charge in [-0.3, -0.25) is 14.5 Å². The van der Waals surface area contributed by atoms with E-state index in [1.807, 2.05) is 0 Å². The third kappa shape index (κ3) is 5.46. The maximum Gasteiger partial charge on any atom is 0.350 e. The second-order valence-corrected chi connectivity index (χ2v) is 9.89. The van der Waals surface area contributed by atoms with Gasteiger partial charge in [0.25, 0.3) is 5.78 Å². The highest BCUT2D eigenvalue weighted by Gasteiger charge is 2.48. The first-order valence-corrected chi connectivity index (χ1v) is 13.3. The average Bonchev–Trinajstić information content (AvgIpc) is 3.48. The number of benzene rings is 2. The molecule has 1 N–H and O–H groups in total. The maximum absolute atomic E-state index is 13.4. The molecule has 2 heterocycles. The summed E-state index contributed by atoms with van der Waals surface area (Å²) in [5.74, 6) is -2.81. The van der Waals surface area contributed by atoms with E-state index in [2.05, 4.69) is 11.9 Å². The van der Waals surface area contributed by atoms with Crippen molar-refractivity contribution in [2.24, 2.45) is 0 Å². The molecule has 0 saturated carbocycles. The molecule has 0 bridgehead atoms. The zero-order valence-corrected chi connectivity index (χ0v) is 23.2. The molecule has 40 heavy (non-hydrogen) atoms. The van der Waals surface area contributed by atoms with Crippen LogP contribution in [-0.4, -0.2) is 54.5 Å². The van der Waals surface area contributed by atoms with E-state index in [1.54, 1.807) is 43.3 Å². The molecule has 2 aromatic carbocycles. The average molecular weight is 565 g/mol. The van der Waals surface area contributed by atoms with Crippen LogP contribution in [-0.2, 0) is 19.1 Å². The molecule has 3 aromatic rings. The third-order valence-corrected chi connectivity index (χ3v) is 7.49. The second-order valence-electron chi connectivity index (χ2n) is 8.91. The number of carbonyl (C=O) groups is 4. The molecule has 1 amide bonds. The number of carbonyl (C=O) groups excluding carboxylic acids is 4. The Morgan fingerprint density at radius 3 is 2.20 bits per heavy atom. The zero-order valence-electron chi connectivity index (χ0n) is 22.4. The number of thiazole rings is 1. The number of esters is 2. The summed E-state index contributed by atoms with van der Waals surface area (Å²) in [5, 5.41) is 11.4. The van der Waals surface area contributed by atoms with Crippen LogP contribution in [0.25, 0.3) is 5.76 Å². The summed E-state index contributed by atoms with van der Waals surface area (Å²) in [7, 11) is 2.49. The van der Waals surface area contributed by atoms with Crippen LogP contribution in [0.3, 0.4) is 0 Å². The van der Waals surface area contributed by atoms with Crippen LogP contribution in [0.1, 0.15) is 62.7 Å². The smallest absolute Gasteiger partial charge is 0.350 e. The first-order valence-electron chi connectivity index (χ1n) is 12.5. The fraction of sp³-hybridized carbons (Fsp3) is 0.276. The Hall–Kier alpha value is -4.51. The van der Waals surface area contributed by atoms with Gasteiger partial charge in [-0.15, -0.1) is 0 Å². The van der Waals surface area contributed by atoms with E-state index in [0.29, 0.717) is 29.2 Å². The minimum absolute atomic E-state index is 0.0840. The number of ether oxygens (including phenoxy) is 3. The largest absolute Gasteiger partial charge is 0.507 e. The van der Waals surface area contributed by atoms with Crippen molar-refractivity contribution >= 4 is 45.9 Å². The number of aliphatic hydroxyl groups is 1. The summed E-state index contributed by atoms with van der Waals surface area (Å²) < 4.78 is 15.3. The van der Waals surface area contributed by atoms with Crippen molar-refractivity contribution < 1.29 is 38.5 Å². The highest BCUT2D eigenvalue weighted by atomic mass is 32.1. The van der Waals surface area contributed by atoms with E-state index < -0.39 is 29.7 Å². The summed E-state index contributed by atoms with van der Waals surface area (Å²) >= 11 is 0.899. The van der Waals surface area contributed by atoms with Gasteiger partial charge in [-0.1, -0.05) is 36.8 Å². The van der Waals surface area contributed by atoms with Crippen LogP contribution in [0, 0.1) is 6.92 Å². The number of hydrogen-bond acceptors (Lipinski definition) is 10. The van der Waals surface area contributed by atoms with E-state index in [9.17, 15) is 24.3 Å². The lowest BCUT2D eigenvalue weighted by atomic mass is 9.94. The van der Waals surface area contributed by atoms with Gasteiger partial charge < -0.3 is 19.3 Å². The minimum Gasteiger partial charge on any atom is -0.507 e. The van der Waals surface area contributed by atoms with Gasteiger partial charge in [-0.2, -0.15) is 0 Å². The van der Waals surface area contributed by atoms with Crippen molar-refractivity contribution in [2.75, 3.05) is 25.7 Å². The normalized spacial score (nSPS) is 16.2. The van der Waals surface area contributed by atoms with Crippen LogP contribution < -0.4 is 9.64 Å². The lowest BCUT2D eigenvalue weighted by Crippen LogP contribution is -2.29. The lowest BCUT2D eigenvalue weighted by Gasteiger charge is -2.23. The number of rotatable bonds is 9. The van der Waals surface area contributed by atoms with Gasteiger partial charge in [0.15, 0.2) is 5.13 Å². The molecule has 10 nitrogen and oxygen atoms in total. The van der Waals surface area contributed by atoms with Crippen molar-refractivity contribution in [2.45, 2.75) is 32.7 Å². The monoisotopic (exact) mass is 564 g/mol. The van der Waals surface area contributed by atoms with Crippen molar-refractivity contribution in [3.8, 4) is 5.75 Å². The SMILES string of the molecule is CCCCOc1ccc(/C(O)=C2\C(=O)C(=O)N(c3nc(C)c(C(=O)OC)s3)C2c2ccc(C(=O)OC)cc2)cc1. The first kappa shape index (κ1) is 28.5. The van der Waals surface area contributed by atoms with Gasteiger partial charge in [0.1, 0.15) is 16.4 Å². The Morgan fingerprint density at radius 1 is 0.975 bits per heavy atom. The van der Waals surface area contributed by atoms with Gasteiger partial charge in [0, 0.05) is 5.56 Å². The number of aliphatic hydroxyl groups excluding tert-OH is 1. The quantitative estimate of drug-likeness (QED) is 0.128. The number of ketones is 1. The molecule has 208 valence electrons. The third-order valence-electron chi connectivity index (χ3n) is 6.35. The van der Waals surface area contributed by atoms with Crippen LogP contribution in [0.2, 0.25) is 0 Å². The Labute approximate surface area is 234 Å². The molecule has 0 radical (unpaired) electrons. The van der Waals surface area contributed by atoms with Gasteiger partial charge in [0.05, 0.1) is 43.7 Å². The van der Waals surface area contributed by atoms with Crippen molar-refractivity contribution in [3.05, 3.63) is 81.4 Å². The summed E-state index contributed by atoms with van der Waals surface area (Å²) in [6.45, 7) is 4.20. The number of anilines is 1. The van der Waals surface area contributed by atoms with Gasteiger partial charge >= 0.3 is 17.8 Å². The van der Waals surface area contributed by atoms with E-state index in [4.69, 9.17) is 14.2 Å².